The second-order valence-electron chi connectivity index (χ2n) is 0. The molecule has 0 aromatic rings. The predicted octanol–water partition coefficient (Wildman–Crippen LogP) is -1.84. The minimum Gasteiger partial charge on any atom is 0 e. The third kappa shape index (κ3) is 36.9. The van der Waals surface area contributed by atoms with E-state index in [0.29, 0.717) is 0 Å². The zero-order valence-corrected chi connectivity index (χ0v) is 12.9. The molecule has 0 bridgehead atoms. The molecule has 0 atom stereocenters. The van der Waals surface area contributed by atoms with Gasteiger partial charge in [0, 0.05) is 91.7 Å². The van der Waals surface area contributed by atoms with Gasteiger partial charge in [0.2, 0.25) is 0 Å². The molecular formula is H4CaCuFeMnMoSeZn. The van der Waals surface area contributed by atoms with Crippen LogP contribution in [0.4, 0.5) is 0 Å². The quantitative estimate of drug-likeness (QED) is 0.374. The third-order valence-electron chi connectivity index (χ3n) is 0. The van der Waals surface area contributed by atoms with Crippen molar-refractivity contribution in [2.24, 2.45) is 0 Å². The second-order valence-corrected chi connectivity index (χ2v) is 0. The van der Waals surface area contributed by atoms with Crippen molar-refractivity contribution in [2.75, 3.05) is 0 Å². The largest absolute Gasteiger partial charge is 0 e. The first-order valence-corrected chi connectivity index (χ1v) is 0. The van der Waals surface area contributed by atoms with Crippen molar-refractivity contribution in [3.63, 3.8) is 0 Å². The number of hydrogen-bond acceptors (Lipinski definition) is 0. The van der Waals surface area contributed by atoms with Gasteiger partial charge in [0.1, 0.15) is 0 Å². The Labute approximate surface area is 143 Å². The summed E-state index contributed by atoms with van der Waals surface area (Å²) < 4.78 is 0. The molecule has 0 rings (SSSR count). The topological polar surface area (TPSA) is 0 Å². The average molecular weight is 459 g/mol. The van der Waals surface area contributed by atoms with Gasteiger partial charge in [0.05, 0.1) is 0 Å². The Morgan fingerprint density at radius 1 is 1.00 bits per heavy atom. The normalized spacial score (nSPS) is 0. The summed E-state index contributed by atoms with van der Waals surface area (Å²) in [5.74, 6) is 0. The van der Waals surface area contributed by atoms with E-state index in [9.17, 15) is 0 Å². The van der Waals surface area contributed by atoms with Crippen LogP contribution in [0.2, 0.25) is 0 Å². The van der Waals surface area contributed by atoms with Crippen molar-refractivity contribution in [3.05, 3.63) is 0 Å². The first kappa shape index (κ1) is 61.1. The molecule has 0 aliphatic heterocycles. The first-order chi connectivity index (χ1) is 0. The summed E-state index contributed by atoms with van der Waals surface area (Å²) in [6, 6.07) is 0. The smallest absolute Gasteiger partial charge is 0 e. The molecule has 7 heteroatoms. The summed E-state index contributed by atoms with van der Waals surface area (Å²) in [6.07, 6.45) is 0. The van der Waals surface area contributed by atoms with Crippen LogP contribution in [0.1, 0.15) is 0 Å². The van der Waals surface area contributed by atoms with E-state index in [1.165, 1.54) is 0 Å². The van der Waals surface area contributed by atoms with Crippen molar-refractivity contribution in [3.8, 4) is 0 Å². The predicted molar refractivity (Wildman–Crippen MR) is 17.1 cm³/mol. The Morgan fingerprint density at radius 2 is 1.00 bits per heavy atom. The molecule has 0 aromatic heterocycles. The van der Waals surface area contributed by atoms with Gasteiger partial charge in [0.25, 0.3) is 0 Å². The van der Waals surface area contributed by atoms with Crippen molar-refractivity contribution in [1.29, 1.82) is 0 Å². The van der Waals surface area contributed by atoms with Crippen LogP contribution in [0, 0.1) is 0 Å². The molecule has 0 nitrogen and oxygen atoms in total. The second kappa shape index (κ2) is 45.9. The minimum absolute atomic E-state index is 0. The van der Waals surface area contributed by atoms with Crippen molar-refractivity contribution >= 4 is 54.8 Å². The van der Waals surface area contributed by atoms with Crippen LogP contribution in [-0.2, 0) is 91.7 Å². The van der Waals surface area contributed by atoms with Crippen molar-refractivity contribution in [2.45, 2.75) is 0 Å². The molecular weight excluding hydrogens is 455 g/mol. The Hall–Kier alpha value is 4.65. The van der Waals surface area contributed by atoms with Crippen LogP contribution in [0.3, 0.4) is 0 Å². The standard InChI is InChI=1S/Ca.Cu.Fe.Mn.Mo.H2Se.Zn.2H/h;;;;;1H2;;;. The van der Waals surface area contributed by atoms with Crippen LogP contribution in [0.5, 0.6) is 0 Å². The van der Waals surface area contributed by atoms with Crippen LogP contribution in [0.15, 0.2) is 0 Å². The van der Waals surface area contributed by atoms with E-state index < -0.39 is 0 Å². The van der Waals surface area contributed by atoms with Gasteiger partial charge < -0.3 is 0 Å². The van der Waals surface area contributed by atoms with Gasteiger partial charge in [-0.1, -0.05) is 0 Å². The molecule has 0 heterocycles. The maximum Gasteiger partial charge on any atom is 0 e. The summed E-state index contributed by atoms with van der Waals surface area (Å²) in [6.45, 7) is 0. The zero-order chi connectivity index (χ0) is 0. The summed E-state index contributed by atoms with van der Waals surface area (Å²) in [4.78, 5) is 0. The molecule has 0 unspecified atom stereocenters. The van der Waals surface area contributed by atoms with E-state index >= 15 is 0 Å². The van der Waals surface area contributed by atoms with Crippen molar-refractivity contribution < 1.29 is 91.7 Å². The molecule has 0 aliphatic carbocycles. The molecule has 0 amide bonds. The Morgan fingerprint density at radius 3 is 1.00 bits per heavy atom. The molecule has 0 N–H and O–H groups in total. The zero-order valence-electron chi connectivity index (χ0n) is 2.65. The Balaban J connectivity index is 0. The average Bonchev–Trinajstić information content (AvgIpc) is 0. The van der Waals surface area contributed by atoms with Crippen molar-refractivity contribution in [1.82, 2.24) is 0 Å². The minimum atomic E-state index is 0. The van der Waals surface area contributed by atoms with Crippen LogP contribution in [-0.4, -0.2) is 54.8 Å². The maximum absolute atomic E-state index is 0. The van der Waals surface area contributed by atoms with E-state index in [-0.39, 0.29) is 147 Å². The van der Waals surface area contributed by atoms with Gasteiger partial charge in [-0.05, 0) is 0 Å². The van der Waals surface area contributed by atoms with Gasteiger partial charge in [-0.2, -0.15) is 0 Å². The van der Waals surface area contributed by atoms with Gasteiger partial charge >= 0.3 is 54.8 Å². The molecule has 0 spiro atoms. The molecule has 0 aromatic carbocycles. The van der Waals surface area contributed by atoms with Crippen LogP contribution in [0.25, 0.3) is 0 Å². The molecule has 0 saturated heterocycles. The van der Waals surface area contributed by atoms with E-state index in [1.54, 1.807) is 0 Å². The molecule has 7 heavy (non-hydrogen) atoms. The van der Waals surface area contributed by atoms with Crippen LogP contribution < -0.4 is 0 Å². The first-order valence-electron chi connectivity index (χ1n) is 0. The van der Waals surface area contributed by atoms with Gasteiger partial charge in [-0.25, -0.2) is 0 Å². The third-order valence-corrected chi connectivity index (χ3v) is 0. The maximum atomic E-state index is 0. The summed E-state index contributed by atoms with van der Waals surface area (Å²) >= 11 is 0. The summed E-state index contributed by atoms with van der Waals surface area (Å²) in [5, 5.41) is 0. The number of hydrogen-bond donors (Lipinski definition) is 0. The molecule has 46 valence electrons. The van der Waals surface area contributed by atoms with Gasteiger partial charge in [-0.3, -0.25) is 0 Å². The Kier molecular flexibility index (Phi) is 400. The molecule has 0 saturated carbocycles. The fourth-order valence-electron chi connectivity index (χ4n) is 0. The monoisotopic (exact) mass is 460 g/mol. The number of rotatable bonds is 0. The fraction of sp³-hybridized carbons (Fsp3) is 0. The van der Waals surface area contributed by atoms with E-state index in [0.717, 1.165) is 0 Å². The Bertz CT molecular complexity index is 19.7. The van der Waals surface area contributed by atoms with Gasteiger partial charge in [-0.15, -0.1) is 0 Å². The molecule has 0 aliphatic rings. The SMILES string of the molecule is [CaH2].[Cu].[Fe].[Mn].[Mo].[SeH2].[Zn]. The molecule has 0 fully saturated rings. The van der Waals surface area contributed by atoms with Crippen LogP contribution >= 0.6 is 0 Å². The fourth-order valence-corrected chi connectivity index (χ4v) is 0. The van der Waals surface area contributed by atoms with E-state index in [4.69, 9.17) is 0 Å². The van der Waals surface area contributed by atoms with Gasteiger partial charge in [0.15, 0.2) is 0 Å². The summed E-state index contributed by atoms with van der Waals surface area (Å²) in [5.41, 5.74) is 0. The summed E-state index contributed by atoms with van der Waals surface area (Å²) in [7, 11) is 0. The molecule has 2 radical (unpaired) electrons. The van der Waals surface area contributed by atoms with E-state index in [2.05, 4.69) is 0 Å². The van der Waals surface area contributed by atoms with E-state index in [1.807, 2.05) is 0 Å².